The van der Waals surface area contributed by atoms with Crippen LogP contribution in [0.3, 0.4) is 0 Å². The first-order valence-electron chi connectivity index (χ1n) is 7.56. The van der Waals surface area contributed by atoms with Gasteiger partial charge in [-0.3, -0.25) is 4.79 Å². The Kier molecular flexibility index (Phi) is 6.23. The van der Waals surface area contributed by atoms with Crippen LogP contribution >= 0.6 is 0 Å². The fourth-order valence-electron chi connectivity index (χ4n) is 2.40. The van der Waals surface area contributed by atoms with Gasteiger partial charge in [0.1, 0.15) is 6.61 Å². The van der Waals surface area contributed by atoms with Crippen molar-refractivity contribution in [1.82, 2.24) is 0 Å². The van der Waals surface area contributed by atoms with Crippen LogP contribution in [-0.2, 0) is 32.1 Å². The van der Waals surface area contributed by atoms with Gasteiger partial charge in [-0.15, -0.1) is 0 Å². The number of methoxy groups -OCH3 is 1. The molecule has 5 nitrogen and oxygen atoms in total. The average molecular weight is 328 g/mol. The quantitative estimate of drug-likeness (QED) is 0.716. The summed E-state index contributed by atoms with van der Waals surface area (Å²) in [5.74, 6) is -1.93. The van der Waals surface area contributed by atoms with Crippen molar-refractivity contribution in [2.75, 3.05) is 13.7 Å². The second kappa shape index (κ2) is 8.38. The molecule has 0 spiro atoms. The average Bonchev–Trinajstić information content (AvgIpc) is 2.60. The SMILES string of the molecule is COCC(=O)C(Cc1ccccc1)(OCc1ccccc1)C(=O)O. The molecule has 0 aromatic heterocycles. The topological polar surface area (TPSA) is 72.8 Å². The summed E-state index contributed by atoms with van der Waals surface area (Å²) in [6.07, 6.45) is -0.0573. The molecule has 2 rings (SSSR count). The smallest absolute Gasteiger partial charge is 0.344 e. The minimum Gasteiger partial charge on any atom is -0.479 e. The van der Waals surface area contributed by atoms with E-state index in [4.69, 9.17) is 9.47 Å². The van der Waals surface area contributed by atoms with E-state index < -0.39 is 17.4 Å². The first-order valence-corrected chi connectivity index (χ1v) is 7.56. The summed E-state index contributed by atoms with van der Waals surface area (Å²) in [6, 6.07) is 18.1. The van der Waals surface area contributed by atoms with E-state index in [1.54, 1.807) is 24.3 Å². The van der Waals surface area contributed by atoms with Gasteiger partial charge in [0, 0.05) is 13.5 Å². The second-order valence-electron chi connectivity index (χ2n) is 5.43. The van der Waals surface area contributed by atoms with Gasteiger partial charge >= 0.3 is 5.97 Å². The summed E-state index contributed by atoms with van der Waals surface area (Å²) in [6.45, 7) is -0.302. The lowest BCUT2D eigenvalue weighted by Crippen LogP contribution is -2.52. The van der Waals surface area contributed by atoms with Crippen LogP contribution in [0.25, 0.3) is 0 Å². The Morgan fingerprint density at radius 2 is 1.50 bits per heavy atom. The Balaban J connectivity index is 2.30. The van der Waals surface area contributed by atoms with Crippen molar-refractivity contribution in [2.24, 2.45) is 0 Å². The fraction of sp³-hybridized carbons (Fsp3) is 0.263. The number of carboxylic acids is 1. The van der Waals surface area contributed by atoms with Crippen molar-refractivity contribution in [3.63, 3.8) is 0 Å². The number of benzene rings is 2. The minimum absolute atomic E-state index is 0.0232. The predicted molar refractivity (Wildman–Crippen MR) is 88.6 cm³/mol. The highest BCUT2D eigenvalue weighted by Gasteiger charge is 2.47. The van der Waals surface area contributed by atoms with Gasteiger partial charge in [0.25, 0.3) is 0 Å². The zero-order valence-electron chi connectivity index (χ0n) is 13.5. The molecular formula is C19H20O5. The van der Waals surface area contributed by atoms with Crippen molar-refractivity contribution in [3.05, 3.63) is 71.8 Å². The first kappa shape index (κ1) is 17.8. The first-order chi connectivity index (χ1) is 11.6. The summed E-state index contributed by atoms with van der Waals surface area (Å²) in [7, 11) is 1.35. The second-order valence-corrected chi connectivity index (χ2v) is 5.43. The van der Waals surface area contributed by atoms with Crippen LogP contribution in [0, 0.1) is 0 Å². The molecule has 0 fully saturated rings. The minimum atomic E-state index is -1.98. The number of ketones is 1. The molecule has 0 bridgehead atoms. The number of Topliss-reactive ketones (excluding diaryl/α,β-unsaturated/α-hetero) is 1. The monoisotopic (exact) mass is 328 g/mol. The number of ether oxygens (including phenoxy) is 2. The molecule has 0 aliphatic carbocycles. The number of hydrogen-bond acceptors (Lipinski definition) is 4. The number of rotatable bonds is 9. The maximum absolute atomic E-state index is 12.5. The van der Waals surface area contributed by atoms with Crippen LogP contribution in [-0.4, -0.2) is 36.2 Å². The van der Waals surface area contributed by atoms with Gasteiger partial charge in [-0.1, -0.05) is 60.7 Å². The molecule has 1 unspecified atom stereocenters. The van der Waals surface area contributed by atoms with Gasteiger partial charge in [0.05, 0.1) is 6.61 Å². The summed E-state index contributed by atoms with van der Waals surface area (Å²) in [4.78, 5) is 24.5. The Morgan fingerprint density at radius 3 is 2.00 bits per heavy atom. The van der Waals surface area contributed by atoms with Crippen LogP contribution in [0.1, 0.15) is 11.1 Å². The molecule has 0 aliphatic heterocycles. The summed E-state index contributed by atoms with van der Waals surface area (Å²) in [5, 5.41) is 9.76. The van der Waals surface area contributed by atoms with Crippen molar-refractivity contribution >= 4 is 11.8 Å². The molecule has 0 heterocycles. The number of hydrogen-bond donors (Lipinski definition) is 1. The summed E-state index contributed by atoms with van der Waals surface area (Å²) < 4.78 is 10.5. The van der Waals surface area contributed by atoms with Gasteiger partial charge < -0.3 is 14.6 Å². The molecular weight excluding hydrogens is 308 g/mol. The normalized spacial score (nSPS) is 13.2. The highest BCUT2D eigenvalue weighted by Crippen LogP contribution is 2.23. The van der Waals surface area contributed by atoms with Gasteiger partial charge in [0.2, 0.25) is 11.4 Å². The molecule has 5 heteroatoms. The number of aliphatic carboxylic acids is 1. The molecule has 1 atom stereocenters. The zero-order chi connectivity index (χ0) is 17.4. The van der Waals surface area contributed by atoms with E-state index in [0.717, 1.165) is 5.56 Å². The lowest BCUT2D eigenvalue weighted by Gasteiger charge is -2.28. The maximum Gasteiger partial charge on any atom is 0.344 e. The van der Waals surface area contributed by atoms with E-state index in [1.807, 2.05) is 36.4 Å². The van der Waals surface area contributed by atoms with Crippen LogP contribution in [0.15, 0.2) is 60.7 Å². The van der Waals surface area contributed by atoms with Crippen molar-refractivity contribution in [2.45, 2.75) is 18.6 Å². The van der Waals surface area contributed by atoms with Crippen molar-refractivity contribution in [1.29, 1.82) is 0 Å². The Bertz CT molecular complexity index is 669. The molecule has 2 aromatic carbocycles. The molecule has 2 aromatic rings. The van der Waals surface area contributed by atoms with E-state index in [1.165, 1.54) is 7.11 Å². The fourth-order valence-corrected chi connectivity index (χ4v) is 2.40. The Hall–Kier alpha value is -2.50. The molecule has 0 radical (unpaired) electrons. The highest BCUT2D eigenvalue weighted by molar-refractivity contribution is 6.07. The van der Waals surface area contributed by atoms with Crippen molar-refractivity contribution in [3.8, 4) is 0 Å². The molecule has 0 saturated carbocycles. The van der Waals surface area contributed by atoms with Gasteiger partial charge in [0.15, 0.2) is 0 Å². The third-order valence-corrected chi connectivity index (χ3v) is 3.70. The van der Waals surface area contributed by atoms with E-state index in [0.29, 0.717) is 5.56 Å². The lowest BCUT2D eigenvalue weighted by molar-refractivity contribution is -0.176. The molecule has 24 heavy (non-hydrogen) atoms. The third-order valence-electron chi connectivity index (χ3n) is 3.70. The lowest BCUT2D eigenvalue weighted by atomic mass is 9.90. The van der Waals surface area contributed by atoms with Gasteiger partial charge in [-0.25, -0.2) is 4.79 Å². The van der Waals surface area contributed by atoms with E-state index >= 15 is 0 Å². The summed E-state index contributed by atoms with van der Waals surface area (Å²) >= 11 is 0. The molecule has 126 valence electrons. The largest absolute Gasteiger partial charge is 0.479 e. The predicted octanol–water partition coefficient (Wildman–Crippen LogP) is 2.48. The number of carboxylic acid groups (broad SMARTS) is 1. The Labute approximate surface area is 140 Å². The third kappa shape index (κ3) is 4.28. The van der Waals surface area contributed by atoms with E-state index in [9.17, 15) is 14.7 Å². The molecule has 0 aliphatic rings. The molecule has 0 saturated heterocycles. The van der Waals surface area contributed by atoms with Gasteiger partial charge in [-0.2, -0.15) is 0 Å². The Morgan fingerprint density at radius 1 is 0.958 bits per heavy atom. The highest BCUT2D eigenvalue weighted by atomic mass is 16.5. The van der Waals surface area contributed by atoms with Crippen molar-refractivity contribution < 1.29 is 24.2 Å². The van der Waals surface area contributed by atoms with Crippen LogP contribution < -0.4 is 0 Å². The van der Waals surface area contributed by atoms with E-state index in [-0.39, 0.29) is 19.6 Å². The van der Waals surface area contributed by atoms with Crippen LogP contribution in [0.2, 0.25) is 0 Å². The zero-order valence-corrected chi connectivity index (χ0v) is 13.5. The molecule has 0 amide bonds. The molecule has 1 N–H and O–H groups in total. The van der Waals surface area contributed by atoms with Crippen LogP contribution in [0.5, 0.6) is 0 Å². The van der Waals surface area contributed by atoms with Gasteiger partial charge in [-0.05, 0) is 11.1 Å². The van der Waals surface area contributed by atoms with Crippen LogP contribution in [0.4, 0.5) is 0 Å². The number of carbonyl (C=O) groups excluding carboxylic acids is 1. The number of carbonyl (C=O) groups is 2. The summed E-state index contributed by atoms with van der Waals surface area (Å²) in [5.41, 5.74) is -0.480. The van der Waals surface area contributed by atoms with E-state index in [2.05, 4.69) is 0 Å². The standard InChI is InChI=1S/C19H20O5/c1-23-14-17(20)19(18(21)22,12-15-8-4-2-5-9-15)24-13-16-10-6-3-7-11-16/h2-11H,12-14H2,1H3,(H,21,22). The maximum atomic E-state index is 12.5.